The molecule has 7 nitrogen and oxygen atoms in total. The summed E-state index contributed by atoms with van der Waals surface area (Å²) >= 11 is 0. The molecule has 0 bridgehead atoms. The predicted molar refractivity (Wildman–Crippen MR) is 122 cm³/mol. The number of carbonyl (C=O) groups excluding carboxylic acids is 1. The number of carbonyl (C=O) groups is 1. The maximum absolute atomic E-state index is 13.5. The fourth-order valence-electron chi connectivity index (χ4n) is 4.30. The molecule has 4 rings (SSSR count). The number of anilines is 2. The van der Waals surface area contributed by atoms with Crippen molar-refractivity contribution in [1.29, 1.82) is 0 Å². The first kappa shape index (κ1) is 23.7. The maximum atomic E-state index is 13.5. The van der Waals surface area contributed by atoms with Gasteiger partial charge in [0.25, 0.3) is 0 Å². The van der Waals surface area contributed by atoms with E-state index in [9.17, 15) is 18.0 Å². The van der Waals surface area contributed by atoms with E-state index in [2.05, 4.69) is 15.0 Å². The predicted octanol–water partition coefficient (Wildman–Crippen LogP) is 3.89. The van der Waals surface area contributed by atoms with Crippen LogP contribution in [0.4, 0.5) is 24.7 Å². The summed E-state index contributed by atoms with van der Waals surface area (Å²) in [7, 11) is 1.75. The normalized spacial score (nSPS) is 15.9. The highest BCUT2D eigenvalue weighted by Gasteiger charge is 2.38. The highest BCUT2D eigenvalue weighted by Crippen LogP contribution is 2.35. The highest BCUT2D eigenvalue weighted by molar-refractivity contribution is 6.04. The number of hydrogen-bond acceptors (Lipinski definition) is 5. The first-order valence-corrected chi connectivity index (χ1v) is 11.3. The third kappa shape index (κ3) is 4.49. The van der Waals surface area contributed by atoms with E-state index in [1.165, 1.54) is 0 Å². The van der Waals surface area contributed by atoms with Crippen LogP contribution in [-0.4, -0.2) is 44.8 Å². The Kier molecular flexibility index (Phi) is 6.58. The van der Waals surface area contributed by atoms with Crippen LogP contribution >= 0.6 is 0 Å². The number of benzene rings is 1. The van der Waals surface area contributed by atoms with Gasteiger partial charge in [0.2, 0.25) is 5.91 Å². The molecule has 1 aromatic carbocycles. The lowest BCUT2D eigenvalue weighted by molar-refractivity contribution is -0.120. The summed E-state index contributed by atoms with van der Waals surface area (Å²) in [5.74, 6) is -2.48. The van der Waals surface area contributed by atoms with Crippen LogP contribution in [0.15, 0.2) is 30.7 Å². The lowest BCUT2D eigenvalue weighted by Gasteiger charge is -2.42. The average molecular weight is 473 g/mol. The van der Waals surface area contributed by atoms with Gasteiger partial charge in [0.1, 0.15) is 17.6 Å². The monoisotopic (exact) mass is 472 g/mol. The van der Waals surface area contributed by atoms with Crippen molar-refractivity contribution in [1.82, 2.24) is 19.7 Å². The summed E-state index contributed by atoms with van der Waals surface area (Å²) in [5, 5.41) is 4.24. The maximum Gasteiger partial charge on any atom is 0.249 e. The van der Waals surface area contributed by atoms with Gasteiger partial charge in [-0.15, -0.1) is 0 Å². The van der Waals surface area contributed by atoms with Crippen LogP contribution in [0.25, 0.3) is 0 Å². The van der Waals surface area contributed by atoms with Crippen LogP contribution in [0.2, 0.25) is 0 Å². The SMILES string of the molecule is CC[C@@H]1C(=O)N(C)c2cnc(CCc3cnn(Cc4cc(F)c(F)c(F)c4)c3)nc2N1C(C)C. The molecule has 10 heteroatoms. The van der Waals surface area contributed by atoms with Crippen LogP contribution < -0.4 is 9.80 Å². The van der Waals surface area contributed by atoms with E-state index in [4.69, 9.17) is 4.98 Å². The lowest BCUT2D eigenvalue weighted by atomic mass is 10.1. The van der Waals surface area contributed by atoms with Crippen LogP contribution in [0.5, 0.6) is 0 Å². The molecular formula is C24H27F3N6O. The number of rotatable bonds is 7. The topological polar surface area (TPSA) is 67.2 Å². The summed E-state index contributed by atoms with van der Waals surface area (Å²) in [4.78, 5) is 25.7. The van der Waals surface area contributed by atoms with E-state index in [1.807, 2.05) is 20.8 Å². The van der Waals surface area contributed by atoms with E-state index in [0.29, 0.717) is 30.8 Å². The lowest BCUT2D eigenvalue weighted by Crippen LogP contribution is -2.55. The highest BCUT2D eigenvalue weighted by atomic mass is 19.2. The van der Waals surface area contributed by atoms with Gasteiger partial charge >= 0.3 is 0 Å². The summed E-state index contributed by atoms with van der Waals surface area (Å²) in [6, 6.07) is 1.77. The molecule has 0 saturated carbocycles. The van der Waals surface area contributed by atoms with Crippen molar-refractivity contribution in [2.75, 3.05) is 16.8 Å². The Morgan fingerprint density at radius 1 is 1.06 bits per heavy atom. The second-order valence-corrected chi connectivity index (χ2v) is 8.74. The zero-order valence-electron chi connectivity index (χ0n) is 19.6. The number of aromatic nitrogens is 4. The minimum Gasteiger partial charge on any atom is -0.340 e. The van der Waals surface area contributed by atoms with Crippen LogP contribution in [-0.2, 0) is 24.2 Å². The largest absolute Gasteiger partial charge is 0.340 e. The van der Waals surface area contributed by atoms with Crippen molar-refractivity contribution >= 4 is 17.4 Å². The van der Waals surface area contributed by atoms with Crippen molar-refractivity contribution in [3.63, 3.8) is 0 Å². The molecule has 0 N–H and O–H groups in total. The van der Waals surface area contributed by atoms with Gasteiger partial charge in [-0.2, -0.15) is 5.10 Å². The quantitative estimate of drug-likeness (QED) is 0.488. The summed E-state index contributed by atoms with van der Waals surface area (Å²) in [6.45, 7) is 6.19. The molecule has 0 unspecified atom stereocenters. The number of halogens is 3. The van der Waals surface area contributed by atoms with E-state index in [1.54, 1.807) is 35.2 Å². The number of amides is 1. The number of hydrogen-bond donors (Lipinski definition) is 0. The van der Waals surface area contributed by atoms with Gasteiger partial charge < -0.3 is 9.80 Å². The van der Waals surface area contributed by atoms with Gasteiger partial charge in [-0.3, -0.25) is 9.48 Å². The van der Waals surface area contributed by atoms with Gasteiger partial charge in [0, 0.05) is 25.7 Å². The van der Waals surface area contributed by atoms with Crippen molar-refractivity contribution in [3.8, 4) is 0 Å². The van der Waals surface area contributed by atoms with Gasteiger partial charge in [0.05, 0.1) is 18.9 Å². The Labute approximate surface area is 196 Å². The molecule has 0 saturated heterocycles. The molecular weight excluding hydrogens is 445 g/mol. The van der Waals surface area contributed by atoms with Crippen LogP contribution in [0.1, 0.15) is 44.1 Å². The van der Waals surface area contributed by atoms with E-state index < -0.39 is 17.5 Å². The Bertz CT molecular complexity index is 1190. The Morgan fingerprint density at radius 2 is 1.76 bits per heavy atom. The molecule has 3 heterocycles. The smallest absolute Gasteiger partial charge is 0.249 e. The molecule has 0 fully saturated rings. The summed E-state index contributed by atoms with van der Waals surface area (Å²) in [6.07, 6.45) is 6.99. The third-order valence-electron chi connectivity index (χ3n) is 6.01. The minimum atomic E-state index is -1.48. The molecule has 1 amide bonds. The summed E-state index contributed by atoms with van der Waals surface area (Å²) in [5.41, 5.74) is 1.88. The van der Waals surface area contributed by atoms with Crippen molar-refractivity contribution in [2.45, 2.75) is 58.7 Å². The summed E-state index contributed by atoms with van der Waals surface area (Å²) < 4.78 is 41.6. The van der Waals surface area contributed by atoms with Gasteiger partial charge in [-0.1, -0.05) is 6.92 Å². The average Bonchev–Trinajstić information content (AvgIpc) is 3.25. The standard InChI is InChI=1S/C24H27F3N6O/c1-5-19-24(34)31(4)20-11-28-21(30-23(20)33(19)14(2)3)7-6-15-10-29-32(12-15)13-16-8-17(25)22(27)18(26)9-16/h8-12,14,19H,5-7,13H2,1-4H3/t19-/m1/s1. The van der Waals surface area contributed by atoms with E-state index >= 15 is 0 Å². The molecule has 3 aromatic rings. The Balaban J connectivity index is 1.49. The molecule has 1 aliphatic heterocycles. The van der Waals surface area contributed by atoms with Gasteiger partial charge in [-0.25, -0.2) is 23.1 Å². The molecule has 0 aliphatic carbocycles. The first-order chi connectivity index (χ1) is 16.2. The third-order valence-corrected chi connectivity index (χ3v) is 6.01. The van der Waals surface area contributed by atoms with Crippen molar-refractivity contribution in [2.24, 2.45) is 0 Å². The van der Waals surface area contributed by atoms with Crippen molar-refractivity contribution in [3.05, 3.63) is 65.1 Å². The molecule has 2 aromatic heterocycles. The molecule has 180 valence electrons. The number of fused-ring (bicyclic) bond motifs is 1. The second-order valence-electron chi connectivity index (χ2n) is 8.74. The molecule has 0 spiro atoms. The van der Waals surface area contributed by atoms with Crippen LogP contribution in [0, 0.1) is 17.5 Å². The van der Waals surface area contributed by atoms with Gasteiger partial charge in [-0.05, 0) is 49.9 Å². The molecule has 0 radical (unpaired) electrons. The van der Waals surface area contributed by atoms with E-state index in [0.717, 1.165) is 23.5 Å². The first-order valence-electron chi connectivity index (χ1n) is 11.3. The minimum absolute atomic E-state index is 0.0355. The van der Waals surface area contributed by atoms with E-state index in [-0.39, 0.29) is 30.1 Å². The second kappa shape index (κ2) is 9.44. The number of likely N-dealkylation sites (N-methyl/N-ethyl adjacent to an activating group) is 1. The Hall–Kier alpha value is -3.43. The van der Waals surface area contributed by atoms with Crippen molar-refractivity contribution < 1.29 is 18.0 Å². The van der Waals surface area contributed by atoms with Gasteiger partial charge in [0.15, 0.2) is 23.3 Å². The molecule has 1 aliphatic rings. The zero-order chi connectivity index (χ0) is 24.6. The fourth-order valence-corrected chi connectivity index (χ4v) is 4.30. The Morgan fingerprint density at radius 3 is 2.41 bits per heavy atom. The molecule has 34 heavy (non-hydrogen) atoms. The number of aryl methyl sites for hydroxylation is 2. The number of nitrogens with zero attached hydrogens (tertiary/aromatic N) is 6. The van der Waals surface area contributed by atoms with Crippen LogP contribution in [0.3, 0.4) is 0 Å². The molecule has 1 atom stereocenters. The fraction of sp³-hybridized carbons (Fsp3) is 0.417. The zero-order valence-corrected chi connectivity index (χ0v) is 19.6.